The van der Waals surface area contributed by atoms with Crippen LogP contribution in [0.4, 0.5) is 5.82 Å². The van der Waals surface area contributed by atoms with E-state index >= 15 is 0 Å². The summed E-state index contributed by atoms with van der Waals surface area (Å²) in [4.78, 5) is 37.9. The SMILES string of the molecule is CCCC(OC(=O)CCCC(=O)OCCn1c([N+](=O)[O-])cnc1C)C(C)C. The zero-order valence-corrected chi connectivity index (χ0v) is 16.5. The molecule has 9 heteroatoms. The first-order chi connectivity index (χ1) is 12.8. The first-order valence-corrected chi connectivity index (χ1v) is 9.27. The van der Waals surface area contributed by atoms with Gasteiger partial charge in [-0.15, -0.1) is 0 Å². The van der Waals surface area contributed by atoms with E-state index in [1.54, 1.807) is 6.92 Å². The Bertz CT molecular complexity index is 641. The number of esters is 2. The summed E-state index contributed by atoms with van der Waals surface area (Å²) >= 11 is 0. The molecule has 0 radical (unpaired) electrons. The summed E-state index contributed by atoms with van der Waals surface area (Å²) in [6, 6.07) is 0. The van der Waals surface area contributed by atoms with Crippen LogP contribution in [-0.2, 0) is 25.6 Å². The van der Waals surface area contributed by atoms with Gasteiger partial charge in [0.25, 0.3) is 0 Å². The molecule has 1 rings (SSSR count). The standard InChI is InChI=1S/C18H29N3O6/c1-5-7-15(13(2)3)27-18(23)9-6-8-17(22)26-11-10-20-14(4)19-12-16(20)21(24)25/h12-13,15H,5-11H2,1-4H3. The smallest absolute Gasteiger partial charge is 0.342 e. The number of imidazole rings is 1. The maximum Gasteiger partial charge on any atom is 0.342 e. The van der Waals surface area contributed by atoms with Crippen molar-refractivity contribution in [1.29, 1.82) is 0 Å². The average Bonchev–Trinajstić information content (AvgIpc) is 2.95. The number of hydrogen-bond acceptors (Lipinski definition) is 7. The topological polar surface area (TPSA) is 114 Å². The van der Waals surface area contributed by atoms with Gasteiger partial charge in [-0.3, -0.25) is 9.59 Å². The molecule has 0 fully saturated rings. The van der Waals surface area contributed by atoms with Gasteiger partial charge in [0.1, 0.15) is 25.5 Å². The van der Waals surface area contributed by atoms with Crippen molar-refractivity contribution in [3.05, 3.63) is 22.1 Å². The van der Waals surface area contributed by atoms with E-state index in [0.29, 0.717) is 12.2 Å². The van der Waals surface area contributed by atoms with E-state index in [9.17, 15) is 19.7 Å². The van der Waals surface area contributed by atoms with Gasteiger partial charge in [0.2, 0.25) is 0 Å². The number of aryl methyl sites for hydroxylation is 1. The molecule has 0 bridgehead atoms. The number of aromatic nitrogens is 2. The molecule has 1 atom stereocenters. The summed E-state index contributed by atoms with van der Waals surface area (Å²) in [7, 11) is 0. The lowest BCUT2D eigenvalue weighted by Gasteiger charge is -2.20. The Balaban J connectivity index is 2.29. The third kappa shape index (κ3) is 7.76. The van der Waals surface area contributed by atoms with Crippen molar-refractivity contribution in [2.24, 2.45) is 5.92 Å². The second kappa shape index (κ2) is 11.3. The molecular weight excluding hydrogens is 354 g/mol. The monoisotopic (exact) mass is 383 g/mol. The van der Waals surface area contributed by atoms with Gasteiger partial charge in [-0.05, 0) is 23.7 Å². The second-order valence-electron chi connectivity index (χ2n) is 6.71. The van der Waals surface area contributed by atoms with Crippen molar-refractivity contribution >= 4 is 17.8 Å². The lowest BCUT2D eigenvalue weighted by atomic mass is 10.0. The van der Waals surface area contributed by atoms with Gasteiger partial charge in [-0.2, -0.15) is 0 Å². The molecule has 1 unspecified atom stereocenters. The van der Waals surface area contributed by atoms with Crippen LogP contribution in [-0.4, -0.2) is 39.1 Å². The summed E-state index contributed by atoms with van der Waals surface area (Å²) in [5.74, 6) is -0.156. The zero-order chi connectivity index (χ0) is 20.4. The predicted molar refractivity (Wildman–Crippen MR) is 98.1 cm³/mol. The first kappa shape index (κ1) is 22.6. The molecule has 0 saturated carbocycles. The van der Waals surface area contributed by atoms with Crippen molar-refractivity contribution < 1.29 is 24.0 Å². The van der Waals surface area contributed by atoms with Gasteiger partial charge in [-0.1, -0.05) is 27.2 Å². The van der Waals surface area contributed by atoms with Crippen LogP contribution < -0.4 is 0 Å². The maximum atomic E-state index is 11.9. The van der Waals surface area contributed by atoms with E-state index in [-0.39, 0.29) is 49.8 Å². The normalized spacial score (nSPS) is 12.0. The molecule has 152 valence electrons. The van der Waals surface area contributed by atoms with E-state index in [1.165, 1.54) is 10.8 Å². The van der Waals surface area contributed by atoms with Crippen LogP contribution in [0.5, 0.6) is 0 Å². The maximum absolute atomic E-state index is 11.9. The van der Waals surface area contributed by atoms with Crippen molar-refractivity contribution in [1.82, 2.24) is 9.55 Å². The van der Waals surface area contributed by atoms with Gasteiger partial charge >= 0.3 is 17.8 Å². The Morgan fingerprint density at radius 1 is 1.30 bits per heavy atom. The Morgan fingerprint density at radius 3 is 2.56 bits per heavy atom. The molecular formula is C18H29N3O6. The van der Waals surface area contributed by atoms with E-state index in [4.69, 9.17) is 9.47 Å². The average molecular weight is 383 g/mol. The lowest BCUT2D eigenvalue weighted by Crippen LogP contribution is -2.23. The van der Waals surface area contributed by atoms with Crippen molar-refractivity contribution in [3.63, 3.8) is 0 Å². The number of rotatable bonds is 12. The van der Waals surface area contributed by atoms with Gasteiger partial charge in [-0.25, -0.2) is 9.55 Å². The van der Waals surface area contributed by atoms with Gasteiger partial charge in [0.15, 0.2) is 5.82 Å². The number of ether oxygens (including phenoxy) is 2. The molecule has 0 aliphatic rings. The Kier molecular flexibility index (Phi) is 9.46. The number of carbonyl (C=O) groups excluding carboxylic acids is 2. The molecule has 0 aromatic carbocycles. The minimum absolute atomic E-state index is 0.00719. The van der Waals surface area contributed by atoms with Crippen LogP contribution in [0.1, 0.15) is 58.7 Å². The number of nitrogens with zero attached hydrogens (tertiary/aromatic N) is 3. The van der Waals surface area contributed by atoms with Crippen LogP contribution >= 0.6 is 0 Å². The lowest BCUT2D eigenvalue weighted by molar-refractivity contribution is -0.392. The Hall–Kier alpha value is -2.45. The molecule has 0 aliphatic heterocycles. The van der Waals surface area contributed by atoms with Crippen LogP contribution in [0.2, 0.25) is 0 Å². The van der Waals surface area contributed by atoms with Crippen LogP contribution in [0.25, 0.3) is 0 Å². The van der Waals surface area contributed by atoms with Gasteiger partial charge < -0.3 is 19.6 Å². The number of hydrogen-bond donors (Lipinski definition) is 0. The highest BCUT2D eigenvalue weighted by molar-refractivity contribution is 5.72. The summed E-state index contributed by atoms with van der Waals surface area (Å²) in [5.41, 5.74) is 0. The summed E-state index contributed by atoms with van der Waals surface area (Å²) in [6.07, 6.45) is 3.45. The van der Waals surface area contributed by atoms with Crippen LogP contribution in [0.15, 0.2) is 6.20 Å². The third-order valence-electron chi connectivity index (χ3n) is 4.16. The molecule has 0 aliphatic carbocycles. The third-order valence-corrected chi connectivity index (χ3v) is 4.16. The molecule has 0 amide bonds. The quantitative estimate of drug-likeness (QED) is 0.309. The summed E-state index contributed by atoms with van der Waals surface area (Å²) in [6.45, 7) is 7.87. The highest BCUT2D eigenvalue weighted by Gasteiger charge is 2.19. The van der Waals surface area contributed by atoms with Crippen molar-refractivity contribution in [3.8, 4) is 0 Å². The molecule has 27 heavy (non-hydrogen) atoms. The Morgan fingerprint density at radius 2 is 1.96 bits per heavy atom. The molecule has 0 N–H and O–H groups in total. The van der Waals surface area contributed by atoms with Gasteiger partial charge in [0.05, 0.1) is 0 Å². The summed E-state index contributed by atoms with van der Waals surface area (Å²) < 4.78 is 11.9. The predicted octanol–water partition coefficient (Wildman–Crippen LogP) is 3.18. The zero-order valence-electron chi connectivity index (χ0n) is 16.5. The van der Waals surface area contributed by atoms with Crippen LogP contribution in [0.3, 0.4) is 0 Å². The van der Waals surface area contributed by atoms with E-state index in [2.05, 4.69) is 4.98 Å². The van der Waals surface area contributed by atoms with Gasteiger partial charge in [0, 0.05) is 19.8 Å². The number of carbonyl (C=O) groups is 2. The van der Waals surface area contributed by atoms with E-state index in [1.807, 2.05) is 20.8 Å². The van der Waals surface area contributed by atoms with Crippen LogP contribution in [0, 0.1) is 23.0 Å². The minimum atomic E-state index is -0.531. The molecule has 1 heterocycles. The fourth-order valence-electron chi connectivity index (χ4n) is 2.62. The van der Waals surface area contributed by atoms with E-state index in [0.717, 1.165) is 12.8 Å². The molecule has 1 aromatic heterocycles. The fraction of sp³-hybridized carbons (Fsp3) is 0.722. The fourth-order valence-corrected chi connectivity index (χ4v) is 2.62. The molecule has 9 nitrogen and oxygen atoms in total. The highest BCUT2D eigenvalue weighted by Crippen LogP contribution is 2.15. The van der Waals surface area contributed by atoms with Crippen molar-refractivity contribution in [2.75, 3.05) is 6.61 Å². The second-order valence-corrected chi connectivity index (χ2v) is 6.71. The largest absolute Gasteiger partial charge is 0.462 e. The van der Waals surface area contributed by atoms with Crippen molar-refractivity contribution in [2.45, 2.75) is 72.4 Å². The highest BCUT2D eigenvalue weighted by atomic mass is 16.6. The Labute approximate surface area is 159 Å². The minimum Gasteiger partial charge on any atom is -0.462 e. The molecule has 0 saturated heterocycles. The molecule has 1 aromatic rings. The first-order valence-electron chi connectivity index (χ1n) is 9.27. The molecule has 0 spiro atoms. The van der Waals surface area contributed by atoms with E-state index < -0.39 is 10.9 Å². The summed E-state index contributed by atoms with van der Waals surface area (Å²) in [5, 5.41) is 10.9. The number of nitro groups is 1.